The average Bonchev–Trinajstić information content (AvgIpc) is 2.71. The highest BCUT2D eigenvalue weighted by atomic mass is 35.5. The van der Waals surface area contributed by atoms with Crippen molar-refractivity contribution < 1.29 is 14.3 Å². The van der Waals surface area contributed by atoms with Crippen molar-refractivity contribution in [1.82, 2.24) is 10.6 Å². The number of hydrogen-bond donors (Lipinski definition) is 2. The molecule has 2 aromatic rings. The number of nitrogens with one attached hydrogen (secondary N) is 2. The summed E-state index contributed by atoms with van der Waals surface area (Å²) >= 11 is 0. The van der Waals surface area contributed by atoms with Crippen LogP contribution >= 0.6 is 12.4 Å². The number of carbonyl (C=O) groups is 1. The zero-order valence-electron chi connectivity index (χ0n) is 15.1. The van der Waals surface area contributed by atoms with Gasteiger partial charge in [0.25, 0.3) is 5.91 Å². The van der Waals surface area contributed by atoms with Crippen LogP contribution < -0.4 is 20.1 Å². The minimum Gasteiger partial charge on any atom is -0.489 e. The molecule has 1 aliphatic rings. The Hall–Kier alpha value is -2.50. The summed E-state index contributed by atoms with van der Waals surface area (Å²) in [5, 5.41) is 6.14. The molecule has 1 heterocycles. The maximum Gasteiger partial charge on any atom is 0.258 e. The lowest BCUT2D eigenvalue weighted by atomic mass is 10.1. The molecule has 144 valence electrons. The van der Waals surface area contributed by atoms with Gasteiger partial charge in [0.05, 0.1) is 0 Å². The quantitative estimate of drug-likeness (QED) is 0.682. The number of benzene rings is 2. The molecule has 2 N–H and O–H groups in total. The van der Waals surface area contributed by atoms with E-state index in [4.69, 9.17) is 9.47 Å². The Labute approximate surface area is 166 Å². The average molecular weight is 389 g/mol. The maximum atomic E-state index is 11.9. The van der Waals surface area contributed by atoms with Crippen LogP contribution in [0.4, 0.5) is 0 Å². The molecule has 3 rings (SSSR count). The molecule has 0 radical (unpaired) electrons. The minimum absolute atomic E-state index is 0. The third-order valence-electron chi connectivity index (χ3n) is 4.11. The highest BCUT2D eigenvalue weighted by molar-refractivity contribution is 5.85. The predicted octanol–water partition coefficient (Wildman–Crippen LogP) is 3.10. The van der Waals surface area contributed by atoms with Crippen LogP contribution in [-0.2, 0) is 11.4 Å². The first-order valence-corrected chi connectivity index (χ1v) is 8.84. The van der Waals surface area contributed by atoms with Crippen molar-refractivity contribution in [2.45, 2.75) is 13.0 Å². The van der Waals surface area contributed by atoms with Crippen molar-refractivity contribution >= 4 is 18.3 Å². The molecule has 0 saturated heterocycles. The van der Waals surface area contributed by atoms with Crippen molar-refractivity contribution in [2.24, 2.45) is 0 Å². The molecular formula is C21H25ClN2O3. The van der Waals surface area contributed by atoms with Gasteiger partial charge in [-0.3, -0.25) is 4.79 Å². The van der Waals surface area contributed by atoms with Gasteiger partial charge in [-0.2, -0.15) is 0 Å². The molecule has 0 fully saturated rings. The molecule has 1 amide bonds. The summed E-state index contributed by atoms with van der Waals surface area (Å²) in [6, 6.07) is 17.3. The number of halogens is 1. The Morgan fingerprint density at radius 2 is 1.70 bits per heavy atom. The summed E-state index contributed by atoms with van der Waals surface area (Å²) < 4.78 is 11.3. The van der Waals surface area contributed by atoms with Crippen molar-refractivity contribution in [1.29, 1.82) is 0 Å². The van der Waals surface area contributed by atoms with Crippen molar-refractivity contribution in [2.75, 3.05) is 26.2 Å². The largest absolute Gasteiger partial charge is 0.489 e. The normalized spacial score (nSPS) is 13.1. The lowest BCUT2D eigenvalue weighted by molar-refractivity contribution is -0.122. The molecule has 0 atom stereocenters. The second kappa shape index (κ2) is 11.3. The van der Waals surface area contributed by atoms with Crippen LogP contribution in [0.5, 0.6) is 11.5 Å². The third-order valence-corrected chi connectivity index (χ3v) is 4.11. The molecule has 0 unspecified atom stereocenters. The maximum absolute atomic E-state index is 11.9. The Morgan fingerprint density at radius 3 is 2.37 bits per heavy atom. The first kappa shape index (κ1) is 20.8. The van der Waals surface area contributed by atoms with Crippen LogP contribution in [0.2, 0.25) is 0 Å². The van der Waals surface area contributed by atoms with E-state index in [1.54, 1.807) is 0 Å². The van der Waals surface area contributed by atoms with E-state index in [9.17, 15) is 4.79 Å². The SMILES string of the molecule is Cl.O=C(COc1ccc(OCc2ccccc2)cc1)NCC1=CCNCC1. The summed E-state index contributed by atoms with van der Waals surface area (Å²) in [6.45, 7) is 2.97. The third kappa shape index (κ3) is 7.33. The van der Waals surface area contributed by atoms with E-state index in [0.717, 1.165) is 30.8 Å². The van der Waals surface area contributed by atoms with E-state index in [1.807, 2.05) is 54.6 Å². The van der Waals surface area contributed by atoms with E-state index in [2.05, 4.69) is 16.7 Å². The molecule has 0 spiro atoms. The minimum atomic E-state index is -0.117. The van der Waals surface area contributed by atoms with Gasteiger partial charge < -0.3 is 20.1 Å². The fraction of sp³-hybridized carbons (Fsp3) is 0.286. The van der Waals surface area contributed by atoms with Gasteiger partial charge in [-0.1, -0.05) is 42.0 Å². The van der Waals surface area contributed by atoms with Crippen LogP contribution in [0.25, 0.3) is 0 Å². The fourth-order valence-electron chi connectivity index (χ4n) is 2.62. The standard InChI is InChI=1S/C21H24N2O3.ClH/c24-21(23-14-17-10-12-22-13-11-17)16-26-20-8-6-19(7-9-20)25-15-18-4-2-1-3-5-18;/h1-10,22H,11-16H2,(H,23,24);1H. The van der Waals surface area contributed by atoms with Crippen molar-refractivity contribution in [3.63, 3.8) is 0 Å². The number of hydrogen-bond acceptors (Lipinski definition) is 4. The highest BCUT2D eigenvalue weighted by Gasteiger charge is 2.06. The van der Waals surface area contributed by atoms with E-state index in [0.29, 0.717) is 18.9 Å². The van der Waals surface area contributed by atoms with Gasteiger partial charge in [-0.25, -0.2) is 0 Å². The second-order valence-electron chi connectivity index (χ2n) is 6.13. The fourth-order valence-corrected chi connectivity index (χ4v) is 2.62. The zero-order valence-corrected chi connectivity index (χ0v) is 16.0. The van der Waals surface area contributed by atoms with E-state index in [1.165, 1.54) is 5.57 Å². The van der Waals surface area contributed by atoms with Gasteiger partial charge in [0.1, 0.15) is 18.1 Å². The molecule has 0 aliphatic carbocycles. The summed E-state index contributed by atoms with van der Waals surface area (Å²) in [5.74, 6) is 1.30. The van der Waals surface area contributed by atoms with Gasteiger partial charge in [0.2, 0.25) is 0 Å². The van der Waals surface area contributed by atoms with E-state index in [-0.39, 0.29) is 24.9 Å². The predicted molar refractivity (Wildman–Crippen MR) is 109 cm³/mol. The molecular weight excluding hydrogens is 364 g/mol. The molecule has 0 saturated carbocycles. The molecule has 27 heavy (non-hydrogen) atoms. The van der Waals surface area contributed by atoms with Crippen LogP contribution in [0, 0.1) is 0 Å². The van der Waals surface area contributed by atoms with Gasteiger partial charge in [0.15, 0.2) is 6.61 Å². The lowest BCUT2D eigenvalue weighted by Crippen LogP contribution is -2.32. The molecule has 2 aromatic carbocycles. The van der Waals surface area contributed by atoms with Gasteiger partial charge in [-0.15, -0.1) is 12.4 Å². The smallest absolute Gasteiger partial charge is 0.258 e. The van der Waals surface area contributed by atoms with Crippen LogP contribution in [0.1, 0.15) is 12.0 Å². The lowest BCUT2D eigenvalue weighted by Gasteiger charge is -2.14. The van der Waals surface area contributed by atoms with Crippen molar-refractivity contribution in [3.8, 4) is 11.5 Å². The number of ether oxygens (including phenoxy) is 2. The summed E-state index contributed by atoms with van der Waals surface area (Å²) in [7, 11) is 0. The number of amides is 1. The second-order valence-corrected chi connectivity index (χ2v) is 6.13. The Morgan fingerprint density at radius 1 is 1.00 bits per heavy atom. The van der Waals surface area contributed by atoms with Crippen LogP contribution in [0.15, 0.2) is 66.2 Å². The number of rotatable bonds is 8. The van der Waals surface area contributed by atoms with Gasteiger partial charge in [0, 0.05) is 13.1 Å². The molecule has 1 aliphatic heterocycles. The topological polar surface area (TPSA) is 59.6 Å². The van der Waals surface area contributed by atoms with E-state index >= 15 is 0 Å². The molecule has 0 bridgehead atoms. The first-order valence-electron chi connectivity index (χ1n) is 8.84. The Balaban J connectivity index is 0.00000261. The van der Waals surface area contributed by atoms with E-state index < -0.39 is 0 Å². The van der Waals surface area contributed by atoms with Crippen LogP contribution in [0.3, 0.4) is 0 Å². The van der Waals surface area contributed by atoms with Crippen LogP contribution in [-0.4, -0.2) is 32.1 Å². The zero-order chi connectivity index (χ0) is 18.0. The molecule has 6 heteroatoms. The number of carbonyl (C=O) groups excluding carboxylic acids is 1. The molecule has 0 aromatic heterocycles. The molecule has 5 nitrogen and oxygen atoms in total. The Bertz CT molecular complexity index is 733. The van der Waals surface area contributed by atoms with Gasteiger partial charge >= 0.3 is 0 Å². The first-order chi connectivity index (χ1) is 12.8. The van der Waals surface area contributed by atoms with Gasteiger partial charge in [-0.05, 0) is 42.8 Å². The summed E-state index contributed by atoms with van der Waals surface area (Å²) in [4.78, 5) is 11.9. The summed E-state index contributed by atoms with van der Waals surface area (Å²) in [5.41, 5.74) is 2.38. The Kier molecular flexibility index (Phi) is 8.68. The highest BCUT2D eigenvalue weighted by Crippen LogP contribution is 2.18. The monoisotopic (exact) mass is 388 g/mol. The summed E-state index contributed by atoms with van der Waals surface area (Å²) in [6.07, 6.45) is 3.10. The van der Waals surface area contributed by atoms with Crippen molar-refractivity contribution in [3.05, 3.63) is 71.8 Å².